The quantitative estimate of drug-likeness (QED) is 0.932. The molecule has 3 rings (SSSR count). The van der Waals surface area contributed by atoms with Crippen LogP contribution in [0.25, 0.3) is 10.2 Å². The second-order valence-electron chi connectivity index (χ2n) is 5.25. The van der Waals surface area contributed by atoms with Crippen LogP contribution < -0.4 is 5.73 Å². The summed E-state index contributed by atoms with van der Waals surface area (Å²) < 4.78 is 1.16. The Balaban J connectivity index is 1.75. The van der Waals surface area contributed by atoms with Gasteiger partial charge in [-0.25, -0.2) is 4.98 Å². The SMILES string of the molecule is NCC1CCCC1C(=O)Cc1nc2ccccc2s1. The summed E-state index contributed by atoms with van der Waals surface area (Å²) in [6, 6.07) is 8.04. The van der Waals surface area contributed by atoms with Crippen LogP contribution in [0.3, 0.4) is 0 Å². The first-order valence-corrected chi connectivity index (χ1v) is 7.67. The number of benzene rings is 1. The Labute approximate surface area is 116 Å². The number of para-hydroxylation sites is 1. The molecular formula is C15H18N2OS. The lowest BCUT2D eigenvalue weighted by Gasteiger charge is -2.15. The molecule has 2 unspecified atom stereocenters. The van der Waals surface area contributed by atoms with E-state index in [0.29, 0.717) is 24.7 Å². The van der Waals surface area contributed by atoms with Gasteiger partial charge in [0.2, 0.25) is 0 Å². The van der Waals surface area contributed by atoms with E-state index in [1.807, 2.05) is 18.2 Å². The Morgan fingerprint density at radius 1 is 1.37 bits per heavy atom. The van der Waals surface area contributed by atoms with Gasteiger partial charge in [-0.15, -0.1) is 11.3 Å². The van der Waals surface area contributed by atoms with Gasteiger partial charge in [-0.2, -0.15) is 0 Å². The summed E-state index contributed by atoms with van der Waals surface area (Å²) in [5.74, 6) is 0.880. The predicted octanol–water partition coefficient (Wildman–Crippen LogP) is 2.78. The van der Waals surface area contributed by atoms with E-state index in [1.54, 1.807) is 11.3 Å². The molecule has 0 bridgehead atoms. The zero-order valence-electron chi connectivity index (χ0n) is 10.8. The molecule has 1 aliphatic rings. The number of fused-ring (bicyclic) bond motifs is 1. The van der Waals surface area contributed by atoms with Crippen LogP contribution in [0.4, 0.5) is 0 Å². The van der Waals surface area contributed by atoms with E-state index in [-0.39, 0.29) is 5.92 Å². The second kappa shape index (κ2) is 5.39. The second-order valence-corrected chi connectivity index (χ2v) is 6.37. The Hall–Kier alpha value is -1.26. The molecular weight excluding hydrogens is 256 g/mol. The van der Waals surface area contributed by atoms with Gasteiger partial charge < -0.3 is 5.73 Å². The highest BCUT2D eigenvalue weighted by atomic mass is 32.1. The summed E-state index contributed by atoms with van der Waals surface area (Å²) in [5.41, 5.74) is 6.75. The fourth-order valence-corrected chi connectivity index (χ4v) is 4.00. The summed E-state index contributed by atoms with van der Waals surface area (Å²) in [4.78, 5) is 16.9. The number of rotatable bonds is 4. The Kier molecular flexibility index (Phi) is 3.62. The van der Waals surface area contributed by atoms with E-state index in [4.69, 9.17) is 5.73 Å². The molecule has 0 radical (unpaired) electrons. The fraction of sp³-hybridized carbons (Fsp3) is 0.467. The molecule has 1 heterocycles. The monoisotopic (exact) mass is 274 g/mol. The third-order valence-electron chi connectivity index (χ3n) is 4.04. The summed E-state index contributed by atoms with van der Waals surface area (Å²) in [7, 11) is 0. The number of ketones is 1. The lowest BCUT2D eigenvalue weighted by molar-refractivity contribution is -0.123. The van der Waals surface area contributed by atoms with Crippen LogP contribution in [0.1, 0.15) is 24.3 Å². The minimum Gasteiger partial charge on any atom is -0.330 e. The summed E-state index contributed by atoms with van der Waals surface area (Å²) in [5, 5.41) is 0.939. The predicted molar refractivity (Wildman–Crippen MR) is 78.2 cm³/mol. The maximum atomic E-state index is 12.4. The summed E-state index contributed by atoms with van der Waals surface area (Å²) in [6.45, 7) is 0.635. The first-order valence-electron chi connectivity index (χ1n) is 6.85. The van der Waals surface area contributed by atoms with Crippen LogP contribution in [-0.4, -0.2) is 17.3 Å². The Morgan fingerprint density at radius 2 is 2.21 bits per heavy atom. The first-order chi connectivity index (χ1) is 9.28. The van der Waals surface area contributed by atoms with E-state index >= 15 is 0 Å². The molecule has 19 heavy (non-hydrogen) atoms. The minimum atomic E-state index is 0.164. The van der Waals surface area contributed by atoms with Crippen LogP contribution in [0.15, 0.2) is 24.3 Å². The highest BCUT2D eigenvalue weighted by molar-refractivity contribution is 7.18. The van der Waals surface area contributed by atoms with Gasteiger partial charge in [0.1, 0.15) is 10.8 Å². The molecule has 3 nitrogen and oxygen atoms in total. The fourth-order valence-electron chi connectivity index (χ4n) is 3.02. The topological polar surface area (TPSA) is 56.0 Å². The van der Waals surface area contributed by atoms with Crippen molar-refractivity contribution in [2.24, 2.45) is 17.6 Å². The molecule has 4 heteroatoms. The maximum Gasteiger partial charge on any atom is 0.143 e. The average Bonchev–Trinajstić information content (AvgIpc) is 3.03. The van der Waals surface area contributed by atoms with Gasteiger partial charge in [0, 0.05) is 5.92 Å². The molecule has 2 aromatic rings. The molecule has 1 saturated carbocycles. The first kappa shape index (κ1) is 12.8. The number of nitrogens with zero attached hydrogens (tertiary/aromatic N) is 1. The maximum absolute atomic E-state index is 12.4. The standard InChI is InChI=1S/C15H18N2OS/c16-9-10-4-3-5-11(10)13(18)8-15-17-12-6-1-2-7-14(12)19-15/h1-2,6-7,10-11H,3-5,8-9,16H2. The smallest absolute Gasteiger partial charge is 0.143 e. The molecule has 1 aromatic carbocycles. The molecule has 1 aliphatic carbocycles. The number of carbonyl (C=O) groups is 1. The molecule has 1 fully saturated rings. The molecule has 0 amide bonds. The van der Waals surface area contributed by atoms with Gasteiger partial charge in [-0.1, -0.05) is 18.6 Å². The zero-order valence-corrected chi connectivity index (χ0v) is 11.7. The van der Waals surface area contributed by atoms with E-state index in [0.717, 1.165) is 34.5 Å². The van der Waals surface area contributed by atoms with Gasteiger partial charge in [0.15, 0.2) is 0 Å². The Bertz CT molecular complexity index is 560. The van der Waals surface area contributed by atoms with Crippen molar-refractivity contribution in [2.75, 3.05) is 6.54 Å². The number of nitrogens with two attached hydrogens (primary N) is 1. The number of hydrogen-bond acceptors (Lipinski definition) is 4. The van der Waals surface area contributed by atoms with Crippen molar-refractivity contribution in [2.45, 2.75) is 25.7 Å². The largest absolute Gasteiger partial charge is 0.330 e. The van der Waals surface area contributed by atoms with Gasteiger partial charge in [0.05, 0.1) is 16.6 Å². The average molecular weight is 274 g/mol. The van der Waals surface area contributed by atoms with Gasteiger partial charge in [-0.05, 0) is 37.4 Å². The molecule has 100 valence electrons. The molecule has 2 N–H and O–H groups in total. The molecule has 1 aromatic heterocycles. The van der Waals surface area contributed by atoms with Gasteiger partial charge in [-0.3, -0.25) is 4.79 Å². The van der Waals surface area contributed by atoms with E-state index in [2.05, 4.69) is 11.1 Å². The van der Waals surface area contributed by atoms with E-state index in [9.17, 15) is 4.79 Å². The number of Topliss-reactive ketones (excluding diaryl/α,β-unsaturated/α-hetero) is 1. The molecule has 0 saturated heterocycles. The third-order valence-corrected chi connectivity index (χ3v) is 5.08. The number of aromatic nitrogens is 1. The van der Waals surface area contributed by atoms with Crippen molar-refractivity contribution in [3.05, 3.63) is 29.3 Å². The molecule has 0 aliphatic heterocycles. The third kappa shape index (κ3) is 2.55. The molecule has 0 spiro atoms. The van der Waals surface area contributed by atoms with Crippen LogP contribution in [-0.2, 0) is 11.2 Å². The van der Waals surface area contributed by atoms with Crippen LogP contribution in [0, 0.1) is 11.8 Å². The van der Waals surface area contributed by atoms with Crippen molar-refractivity contribution in [1.29, 1.82) is 0 Å². The van der Waals surface area contributed by atoms with Crippen molar-refractivity contribution in [1.82, 2.24) is 4.98 Å². The van der Waals surface area contributed by atoms with Crippen molar-refractivity contribution in [3.8, 4) is 0 Å². The normalized spacial score (nSPS) is 23.0. The minimum absolute atomic E-state index is 0.164. The molecule has 2 atom stereocenters. The highest BCUT2D eigenvalue weighted by Gasteiger charge is 2.31. The van der Waals surface area contributed by atoms with E-state index in [1.165, 1.54) is 0 Å². The number of thiazole rings is 1. The number of hydrogen-bond donors (Lipinski definition) is 1. The summed E-state index contributed by atoms with van der Waals surface area (Å²) in [6.07, 6.45) is 3.72. The van der Waals surface area contributed by atoms with Crippen molar-refractivity contribution < 1.29 is 4.79 Å². The zero-order chi connectivity index (χ0) is 13.2. The van der Waals surface area contributed by atoms with Gasteiger partial charge in [0.25, 0.3) is 0 Å². The van der Waals surface area contributed by atoms with Gasteiger partial charge >= 0.3 is 0 Å². The van der Waals surface area contributed by atoms with E-state index < -0.39 is 0 Å². The van der Waals surface area contributed by atoms with Crippen LogP contribution in [0.5, 0.6) is 0 Å². The Morgan fingerprint density at radius 3 is 3.00 bits per heavy atom. The lowest BCUT2D eigenvalue weighted by Crippen LogP contribution is -2.26. The van der Waals surface area contributed by atoms with Crippen molar-refractivity contribution >= 4 is 27.3 Å². The van der Waals surface area contributed by atoms with Crippen molar-refractivity contribution in [3.63, 3.8) is 0 Å². The number of carbonyl (C=O) groups excluding carboxylic acids is 1. The highest BCUT2D eigenvalue weighted by Crippen LogP contribution is 2.33. The summed E-state index contributed by atoms with van der Waals surface area (Å²) >= 11 is 1.63. The lowest BCUT2D eigenvalue weighted by atomic mass is 9.90. The van der Waals surface area contributed by atoms with Crippen LogP contribution >= 0.6 is 11.3 Å². The van der Waals surface area contributed by atoms with Crippen LogP contribution in [0.2, 0.25) is 0 Å².